The second-order valence-electron chi connectivity index (χ2n) is 5.99. The van der Waals surface area contributed by atoms with Gasteiger partial charge in [-0.1, -0.05) is 74.5 Å². The van der Waals surface area contributed by atoms with Crippen LogP contribution in [0.4, 0.5) is 0 Å². The van der Waals surface area contributed by atoms with E-state index in [4.69, 9.17) is 0 Å². The quantitative estimate of drug-likeness (QED) is 0.659. The van der Waals surface area contributed by atoms with Crippen LogP contribution in [0.2, 0.25) is 0 Å². The summed E-state index contributed by atoms with van der Waals surface area (Å²) in [6.07, 6.45) is 2.23. The van der Waals surface area contributed by atoms with Gasteiger partial charge in [-0.3, -0.25) is 0 Å². The van der Waals surface area contributed by atoms with Gasteiger partial charge in [0.2, 0.25) is 0 Å². The highest BCUT2D eigenvalue weighted by Gasteiger charge is 2.11. The summed E-state index contributed by atoms with van der Waals surface area (Å²) in [4.78, 5) is 2.48. The van der Waals surface area contributed by atoms with Gasteiger partial charge < -0.3 is 10.2 Å². The molecular weight excluding hydrogens is 280 g/mol. The molecule has 1 N–H and O–H groups in total. The Morgan fingerprint density at radius 3 is 2.09 bits per heavy atom. The number of hydrogen-bond acceptors (Lipinski definition) is 2. The van der Waals surface area contributed by atoms with Crippen LogP contribution in [-0.4, -0.2) is 31.1 Å². The predicted molar refractivity (Wildman–Crippen MR) is 99.7 cm³/mol. The van der Waals surface area contributed by atoms with Crippen LogP contribution < -0.4 is 5.32 Å². The highest BCUT2D eigenvalue weighted by molar-refractivity contribution is 5.23. The Balaban J connectivity index is 1.92. The maximum Gasteiger partial charge on any atom is 0.0360 e. The lowest BCUT2D eigenvalue weighted by molar-refractivity contribution is 0.295. The van der Waals surface area contributed by atoms with Crippen LogP contribution in [0, 0.1) is 0 Å². The van der Waals surface area contributed by atoms with Crippen LogP contribution in [0.1, 0.15) is 37.4 Å². The average molecular weight is 310 g/mol. The molecule has 23 heavy (non-hydrogen) atoms. The number of nitrogens with zero attached hydrogens (tertiary/aromatic N) is 1. The van der Waals surface area contributed by atoms with Crippen molar-refractivity contribution in [3.63, 3.8) is 0 Å². The molecule has 2 aromatic carbocycles. The van der Waals surface area contributed by atoms with Crippen LogP contribution in [0.15, 0.2) is 60.7 Å². The third kappa shape index (κ3) is 6.17. The van der Waals surface area contributed by atoms with Gasteiger partial charge in [0.15, 0.2) is 0 Å². The number of rotatable bonds is 10. The maximum absolute atomic E-state index is 3.76. The molecule has 0 saturated heterocycles. The Bertz CT molecular complexity index is 520. The van der Waals surface area contributed by atoms with E-state index in [0.29, 0.717) is 6.04 Å². The van der Waals surface area contributed by atoms with Crippen LogP contribution in [0.3, 0.4) is 0 Å². The normalized spacial score (nSPS) is 12.5. The summed E-state index contributed by atoms with van der Waals surface area (Å²) in [5.74, 6) is 0. The van der Waals surface area contributed by atoms with Crippen molar-refractivity contribution in [2.45, 2.75) is 32.7 Å². The van der Waals surface area contributed by atoms with Crippen molar-refractivity contribution in [1.82, 2.24) is 10.2 Å². The maximum atomic E-state index is 3.76. The summed E-state index contributed by atoms with van der Waals surface area (Å²) in [7, 11) is 0. The molecule has 2 nitrogen and oxygen atoms in total. The summed E-state index contributed by atoms with van der Waals surface area (Å²) in [5, 5.41) is 3.76. The highest BCUT2D eigenvalue weighted by Crippen LogP contribution is 2.18. The first-order chi connectivity index (χ1) is 11.3. The van der Waals surface area contributed by atoms with Crippen molar-refractivity contribution >= 4 is 0 Å². The smallest absolute Gasteiger partial charge is 0.0360 e. The van der Waals surface area contributed by atoms with E-state index in [9.17, 15) is 0 Å². The second-order valence-corrected chi connectivity index (χ2v) is 5.99. The standard InChI is InChI=1S/C21H30N2/c1-3-23(4-2)17-11-16-22-21(20-14-9-6-10-15-20)18-19-12-7-5-8-13-19/h5-10,12-15,21-22H,3-4,11,16-18H2,1-2H3/t21-/m1/s1. The monoisotopic (exact) mass is 310 g/mol. The Labute approximate surface area is 141 Å². The van der Waals surface area contributed by atoms with Gasteiger partial charge in [-0.2, -0.15) is 0 Å². The van der Waals surface area contributed by atoms with Crippen LogP contribution in [-0.2, 0) is 6.42 Å². The van der Waals surface area contributed by atoms with Crippen molar-refractivity contribution in [2.75, 3.05) is 26.2 Å². The molecule has 0 bridgehead atoms. The van der Waals surface area contributed by atoms with Crippen molar-refractivity contribution in [2.24, 2.45) is 0 Å². The van der Waals surface area contributed by atoms with Crippen molar-refractivity contribution in [3.05, 3.63) is 71.8 Å². The molecule has 0 saturated carbocycles. The molecule has 2 rings (SSSR count). The molecule has 124 valence electrons. The lowest BCUT2D eigenvalue weighted by atomic mass is 9.99. The molecule has 0 unspecified atom stereocenters. The number of nitrogens with one attached hydrogen (secondary N) is 1. The average Bonchev–Trinajstić information content (AvgIpc) is 2.62. The fraction of sp³-hybridized carbons (Fsp3) is 0.429. The molecule has 0 amide bonds. The molecule has 0 aliphatic heterocycles. The minimum atomic E-state index is 0.385. The van der Waals surface area contributed by atoms with Gasteiger partial charge >= 0.3 is 0 Å². The summed E-state index contributed by atoms with van der Waals surface area (Å²) in [6.45, 7) is 8.99. The number of hydrogen-bond donors (Lipinski definition) is 1. The van der Waals surface area contributed by atoms with Crippen molar-refractivity contribution < 1.29 is 0 Å². The molecule has 0 radical (unpaired) electrons. The zero-order chi connectivity index (χ0) is 16.3. The fourth-order valence-electron chi connectivity index (χ4n) is 2.96. The summed E-state index contributed by atoms with van der Waals surface area (Å²) >= 11 is 0. The van der Waals surface area contributed by atoms with Crippen LogP contribution in [0.5, 0.6) is 0 Å². The van der Waals surface area contributed by atoms with Gasteiger partial charge in [-0.25, -0.2) is 0 Å². The van der Waals surface area contributed by atoms with Gasteiger partial charge in [-0.05, 0) is 50.1 Å². The molecule has 0 fully saturated rings. The summed E-state index contributed by atoms with van der Waals surface area (Å²) < 4.78 is 0. The van der Waals surface area contributed by atoms with Gasteiger partial charge in [-0.15, -0.1) is 0 Å². The van der Waals surface area contributed by atoms with Gasteiger partial charge in [0.05, 0.1) is 0 Å². The first-order valence-corrected chi connectivity index (χ1v) is 8.88. The largest absolute Gasteiger partial charge is 0.310 e. The molecule has 0 heterocycles. The van der Waals surface area contributed by atoms with E-state index >= 15 is 0 Å². The minimum Gasteiger partial charge on any atom is -0.310 e. The molecule has 0 aliphatic carbocycles. The fourth-order valence-corrected chi connectivity index (χ4v) is 2.96. The first-order valence-electron chi connectivity index (χ1n) is 8.88. The molecule has 0 aromatic heterocycles. The Hall–Kier alpha value is -1.64. The number of benzene rings is 2. The Kier molecular flexibility index (Phi) is 7.85. The van der Waals surface area contributed by atoms with E-state index in [-0.39, 0.29) is 0 Å². The van der Waals surface area contributed by atoms with Crippen molar-refractivity contribution in [3.8, 4) is 0 Å². The molecule has 1 atom stereocenters. The van der Waals surface area contributed by atoms with E-state index in [1.54, 1.807) is 0 Å². The van der Waals surface area contributed by atoms with Crippen molar-refractivity contribution in [1.29, 1.82) is 0 Å². The zero-order valence-electron chi connectivity index (χ0n) is 14.5. The molecule has 0 spiro atoms. The van der Waals surface area contributed by atoms with E-state index in [1.807, 2.05) is 0 Å². The zero-order valence-corrected chi connectivity index (χ0v) is 14.5. The topological polar surface area (TPSA) is 15.3 Å². The van der Waals surface area contributed by atoms with Crippen LogP contribution >= 0.6 is 0 Å². The van der Waals surface area contributed by atoms with Gasteiger partial charge in [0.25, 0.3) is 0 Å². The second kappa shape index (κ2) is 10.2. The summed E-state index contributed by atoms with van der Waals surface area (Å²) in [5.41, 5.74) is 2.76. The molecule has 0 aliphatic rings. The Morgan fingerprint density at radius 2 is 1.48 bits per heavy atom. The van der Waals surface area contributed by atoms with Gasteiger partial charge in [0.1, 0.15) is 0 Å². The SMILES string of the molecule is CCN(CC)CCCN[C@H](Cc1ccccc1)c1ccccc1. The van der Waals surface area contributed by atoms with E-state index in [2.05, 4.69) is 84.7 Å². The van der Waals surface area contributed by atoms with E-state index in [1.165, 1.54) is 24.1 Å². The minimum absolute atomic E-state index is 0.385. The van der Waals surface area contributed by atoms with E-state index < -0.39 is 0 Å². The molecule has 2 heteroatoms. The summed E-state index contributed by atoms with van der Waals surface area (Å²) in [6, 6.07) is 21.9. The molecular formula is C21H30N2. The third-order valence-electron chi connectivity index (χ3n) is 4.42. The molecule has 2 aromatic rings. The van der Waals surface area contributed by atoms with Gasteiger partial charge in [0, 0.05) is 6.04 Å². The van der Waals surface area contributed by atoms with Crippen LogP contribution in [0.25, 0.3) is 0 Å². The lowest BCUT2D eigenvalue weighted by Crippen LogP contribution is -2.29. The highest BCUT2D eigenvalue weighted by atomic mass is 15.1. The van der Waals surface area contributed by atoms with E-state index in [0.717, 1.165) is 26.1 Å². The predicted octanol–water partition coefficient (Wildman–Crippen LogP) is 4.29. The Morgan fingerprint density at radius 1 is 0.870 bits per heavy atom. The first kappa shape index (κ1) is 17.7. The third-order valence-corrected chi connectivity index (χ3v) is 4.42. The lowest BCUT2D eigenvalue weighted by Gasteiger charge is -2.22.